The molecule has 0 spiro atoms. The Morgan fingerprint density at radius 2 is 2.33 bits per heavy atom. The Morgan fingerprint density at radius 3 is 2.67 bits per heavy atom. The Balaban J connectivity index is 2.23. The molecule has 1 aliphatic rings. The Labute approximate surface area is 55.1 Å². The SMILES string of the molecule is C[C@H](N)C1COCCO1. The van der Waals surface area contributed by atoms with Crippen molar-refractivity contribution in [3.8, 4) is 0 Å². The average molecular weight is 131 g/mol. The molecule has 3 heteroatoms. The summed E-state index contributed by atoms with van der Waals surface area (Å²) in [7, 11) is 0. The number of hydrogen-bond acceptors (Lipinski definition) is 3. The highest BCUT2D eigenvalue weighted by molar-refractivity contribution is 4.69. The molecule has 0 saturated carbocycles. The molecular weight excluding hydrogens is 118 g/mol. The van der Waals surface area contributed by atoms with E-state index >= 15 is 0 Å². The molecule has 1 rings (SSSR count). The number of nitrogens with two attached hydrogens (primary N) is 1. The van der Waals surface area contributed by atoms with Gasteiger partial charge in [0.1, 0.15) is 0 Å². The Kier molecular flexibility index (Phi) is 2.45. The largest absolute Gasteiger partial charge is 0.376 e. The van der Waals surface area contributed by atoms with E-state index in [9.17, 15) is 0 Å². The van der Waals surface area contributed by atoms with E-state index in [1.807, 2.05) is 6.92 Å². The molecule has 0 aliphatic carbocycles. The van der Waals surface area contributed by atoms with E-state index in [4.69, 9.17) is 15.2 Å². The van der Waals surface area contributed by atoms with Crippen LogP contribution >= 0.6 is 0 Å². The summed E-state index contributed by atoms with van der Waals surface area (Å²) in [5.41, 5.74) is 5.56. The first-order valence-electron chi connectivity index (χ1n) is 3.25. The fraction of sp³-hybridized carbons (Fsp3) is 1.00. The molecule has 0 aromatic heterocycles. The van der Waals surface area contributed by atoms with E-state index in [0.29, 0.717) is 19.8 Å². The lowest BCUT2D eigenvalue weighted by molar-refractivity contribution is -0.0948. The van der Waals surface area contributed by atoms with E-state index in [1.165, 1.54) is 0 Å². The quantitative estimate of drug-likeness (QED) is 0.533. The first kappa shape index (κ1) is 6.99. The second-order valence-corrected chi connectivity index (χ2v) is 2.34. The van der Waals surface area contributed by atoms with E-state index < -0.39 is 0 Å². The zero-order chi connectivity index (χ0) is 6.69. The van der Waals surface area contributed by atoms with Gasteiger partial charge >= 0.3 is 0 Å². The molecule has 54 valence electrons. The third-order valence-corrected chi connectivity index (χ3v) is 1.43. The molecule has 1 unspecified atom stereocenters. The molecular formula is C6H13NO2. The Hall–Kier alpha value is -0.120. The van der Waals surface area contributed by atoms with E-state index in [0.717, 1.165) is 0 Å². The van der Waals surface area contributed by atoms with Crippen molar-refractivity contribution in [2.45, 2.75) is 19.1 Å². The summed E-state index contributed by atoms with van der Waals surface area (Å²) in [4.78, 5) is 0. The predicted octanol–water partition coefficient (Wildman–Crippen LogP) is -0.251. The lowest BCUT2D eigenvalue weighted by Crippen LogP contribution is -2.41. The van der Waals surface area contributed by atoms with Crippen molar-refractivity contribution in [3.63, 3.8) is 0 Å². The van der Waals surface area contributed by atoms with E-state index in [1.54, 1.807) is 0 Å². The van der Waals surface area contributed by atoms with Gasteiger partial charge in [-0.2, -0.15) is 0 Å². The van der Waals surface area contributed by atoms with Gasteiger partial charge in [0.15, 0.2) is 0 Å². The molecule has 2 atom stereocenters. The average Bonchev–Trinajstić information content (AvgIpc) is 1.90. The zero-order valence-corrected chi connectivity index (χ0v) is 5.67. The molecule has 0 aromatic rings. The van der Waals surface area contributed by atoms with Crippen molar-refractivity contribution < 1.29 is 9.47 Å². The number of hydrogen-bond donors (Lipinski definition) is 1. The van der Waals surface area contributed by atoms with Crippen LogP contribution in [0, 0.1) is 0 Å². The summed E-state index contributed by atoms with van der Waals surface area (Å²) >= 11 is 0. The highest BCUT2D eigenvalue weighted by atomic mass is 16.6. The monoisotopic (exact) mass is 131 g/mol. The Bertz CT molecular complexity index is 79.1. The van der Waals surface area contributed by atoms with Crippen molar-refractivity contribution in [3.05, 3.63) is 0 Å². The molecule has 0 aromatic carbocycles. The fourth-order valence-electron chi connectivity index (χ4n) is 0.810. The summed E-state index contributed by atoms with van der Waals surface area (Å²) in [6, 6.07) is 0.0882. The van der Waals surface area contributed by atoms with Crippen molar-refractivity contribution in [2.75, 3.05) is 19.8 Å². The smallest absolute Gasteiger partial charge is 0.0957 e. The zero-order valence-electron chi connectivity index (χ0n) is 5.67. The minimum absolute atomic E-state index is 0.0882. The minimum atomic E-state index is 0.0882. The van der Waals surface area contributed by atoms with Crippen LogP contribution < -0.4 is 5.73 Å². The highest BCUT2D eigenvalue weighted by Gasteiger charge is 2.17. The van der Waals surface area contributed by atoms with Crippen molar-refractivity contribution >= 4 is 0 Å². The van der Waals surface area contributed by atoms with Gasteiger partial charge in [-0.05, 0) is 6.92 Å². The lowest BCUT2D eigenvalue weighted by atomic mass is 10.2. The molecule has 1 fully saturated rings. The van der Waals surface area contributed by atoms with Crippen LogP contribution in [0.2, 0.25) is 0 Å². The van der Waals surface area contributed by atoms with Crippen molar-refractivity contribution in [1.82, 2.24) is 0 Å². The molecule has 9 heavy (non-hydrogen) atoms. The number of ether oxygens (including phenoxy) is 2. The van der Waals surface area contributed by atoms with Gasteiger partial charge in [0.2, 0.25) is 0 Å². The van der Waals surface area contributed by atoms with Gasteiger partial charge in [0.05, 0.1) is 25.9 Å². The molecule has 2 N–H and O–H groups in total. The maximum atomic E-state index is 5.56. The molecule has 0 bridgehead atoms. The topological polar surface area (TPSA) is 44.5 Å². The first-order valence-corrected chi connectivity index (χ1v) is 3.25. The predicted molar refractivity (Wildman–Crippen MR) is 34.2 cm³/mol. The van der Waals surface area contributed by atoms with Crippen LogP contribution in [0.1, 0.15) is 6.92 Å². The van der Waals surface area contributed by atoms with Gasteiger partial charge in [-0.15, -0.1) is 0 Å². The number of rotatable bonds is 1. The normalized spacial score (nSPS) is 32.0. The highest BCUT2D eigenvalue weighted by Crippen LogP contribution is 2.02. The van der Waals surface area contributed by atoms with Crippen LogP contribution in [0.5, 0.6) is 0 Å². The van der Waals surface area contributed by atoms with Gasteiger partial charge in [-0.25, -0.2) is 0 Å². The van der Waals surface area contributed by atoms with Gasteiger partial charge in [0.25, 0.3) is 0 Å². The maximum absolute atomic E-state index is 5.56. The Morgan fingerprint density at radius 1 is 1.56 bits per heavy atom. The van der Waals surface area contributed by atoms with Crippen LogP contribution in [0.4, 0.5) is 0 Å². The second-order valence-electron chi connectivity index (χ2n) is 2.34. The third kappa shape index (κ3) is 1.93. The summed E-state index contributed by atoms with van der Waals surface area (Å²) in [5.74, 6) is 0. The lowest BCUT2D eigenvalue weighted by Gasteiger charge is -2.25. The summed E-state index contributed by atoms with van der Waals surface area (Å²) in [5, 5.41) is 0. The maximum Gasteiger partial charge on any atom is 0.0957 e. The first-order chi connectivity index (χ1) is 4.30. The molecule has 0 radical (unpaired) electrons. The van der Waals surface area contributed by atoms with Crippen molar-refractivity contribution in [2.24, 2.45) is 5.73 Å². The van der Waals surface area contributed by atoms with Gasteiger partial charge in [-0.1, -0.05) is 0 Å². The standard InChI is InChI=1S/C6H13NO2/c1-5(7)6-4-8-2-3-9-6/h5-6H,2-4,7H2,1H3/t5-,6?/m0/s1. The van der Waals surface area contributed by atoms with Crippen LogP contribution in [-0.2, 0) is 9.47 Å². The molecule has 1 heterocycles. The molecule has 3 nitrogen and oxygen atoms in total. The van der Waals surface area contributed by atoms with Crippen LogP contribution in [0.3, 0.4) is 0 Å². The van der Waals surface area contributed by atoms with Gasteiger partial charge in [0, 0.05) is 6.04 Å². The van der Waals surface area contributed by atoms with E-state index in [-0.39, 0.29) is 12.1 Å². The summed E-state index contributed by atoms with van der Waals surface area (Å²) in [6.45, 7) is 3.98. The minimum Gasteiger partial charge on any atom is -0.376 e. The molecule has 1 aliphatic heterocycles. The summed E-state index contributed by atoms with van der Waals surface area (Å²) < 4.78 is 10.4. The van der Waals surface area contributed by atoms with Gasteiger partial charge in [-0.3, -0.25) is 0 Å². The van der Waals surface area contributed by atoms with E-state index in [2.05, 4.69) is 0 Å². The fourth-order valence-corrected chi connectivity index (χ4v) is 0.810. The summed E-state index contributed by atoms with van der Waals surface area (Å²) in [6.07, 6.45) is 0.110. The van der Waals surface area contributed by atoms with Crippen LogP contribution in [0.15, 0.2) is 0 Å². The second kappa shape index (κ2) is 3.15. The van der Waals surface area contributed by atoms with Crippen molar-refractivity contribution in [1.29, 1.82) is 0 Å². The molecule has 1 saturated heterocycles. The molecule has 0 amide bonds. The third-order valence-electron chi connectivity index (χ3n) is 1.43. The van der Waals surface area contributed by atoms with Gasteiger partial charge < -0.3 is 15.2 Å². The van der Waals surface area contributed by atoms with Crippen LogP contribution in [0.25, 0.3) is 0 Å². The van der Waals surface area contributed by atoms with Crippen LogP contribution in [-0.4, -0.2) is 32.0 Å².